The third-order valence-electron chi connectivity index (χ3n) is 3.86. The summed E-state index contributed by atoms with van der Waals surface area (Å²) in [5.74, 6) is 1.01. The van der Waals surface area contributed by atoms with E-state index in [0.717, 1.165) is 25.3 Å². The summed E-state index contributed by atoms with van der Waals surface area (Å²) in [5.41, 5.74) is 2.86. The van der Waals surface area contributed by atoms with Crippen molar-refractivity contribution in [3.05, 3.63) is 27.7 Å². The number of aryl methyl sites for hydroxylation is 2. The summed E-state index contributed by atoms with van der Waals surface area (Å²) < 4.78 is 6.68. The highest BCUT2D eigenvalue weighted by molar-refractivity contribution is 9.10. The van der Waals surface area contributed by atoms with Gasteiger partial charge in [-0.2, -0.15) is 0 Å². The Bertz CT molecular complexity index is 429. The fourth-order valence-electron chi connectivity index (χ4n) is 2.28. The maximum absolute atomic E-state index is 5.51. The Labute approximate surface area is 132 Å². The number of nitrogens with one attached hydrogen (secondary N) is 1. The molecule has 0 radical (unpaired) electrons. The molecule has 0 fully saturated rings. The van der Waals surface area contributed by atoms with Crippen molar-refractivity contribution in [2.75, 3.05) is 20.2 Å². The molecule has 0 aliphatic heterocycles. The normalized spacial score (nSPS) is 11.7. The predicted molar refractivity (Wildman–Crippen MR) is 90.7 cm³/mol. The van der Waals surface area contributed by atoms with Crippen LogP contribution in [0, 0.1) is 12.3 Å². The van der Waals surface area contributed by atoms with Gasteiger partial charge in [-0.25, -0.2) is 0 Å². The molecule has 1 aromatic carbocycles. The lowest BCUT2D eigenvalue weighted by Crippen LogP contribution is -2.22. The third-order valence-corrected chi connectivity index (χ3v) is 4.72. The number of halogens is 1. The Hall–Kier alpha value is -0.540. The van der Waals surface area contributed by atoms with Crippen LogP contribution in [0.1, 0.15) is 44.7 Å². The molecule has 0 aliphatic carbocycles. The van der Waals surface area contributed by atoms with Crippen molar-refractivity contribution in [2.24, 2.45) is 5.41 Å². The molecule has 0 bridgehead atoms. The van der Waals surface area contributed by atoms with Gasteiger partial charge in [-0.15, -0.1) is 0 Å². The van der Waals surface area contributed by atoms with Gasteiger partial charge in [0.25, 0.3) is 0 Å². The number of rotatable bonds is 8. The number of hydrogen-bond acceptors (Lipinski definition) is 2. The second-order valence-electron chi connectivity index (χ2n) is 6.18. The average Bonchev–Trinajstić information content (AvgIpc) is 2.40. The molecule has 0 amide bonds. The minimum atomic E-state index is 0.352. The Morgan fingerprint density at radius 2 is 1.95 bits per heavy atom. The van der Waals surface area contributed by atoms with Crippen LogP contribution in [0.3, 0.4) is 0 Å². The molecule has 20 heavy (non-hydrogen) atoms. The maximum Gasteiger partial charge on any atom is 0.122 e. The summed E-state index contributed by atoms with van der Waals surface area (Å²) in [7, 11) is 1.75. The van der Waals surface area contributed by atoms with Gasteiger partial charge in [-0.1, -0.05) is 36.7 Å². The van der Waals surface area contributed by atoms with E-state index in [9.17, 15) is 0 Å². The summed E-state index contributed by atoms with van der Waals surface area (Å²) >= 11 is 3.62. The Balaban J connectivity index is 2.66. The number of hydrogen-bond donors (Lipinski definition) is 1. The van der Waals surface area contributed by atoms with E-state index in [1.54, 1.807) is 7.11 Å². The molecule has 0 atom stereocenters. The molecule has 2 nitrogen and oxygen atoms in total. The number of ether oxygens (including phenoxy) is 1. The van der Waals surface area contributed by atoms with Crippen LogP contribution < -0.4 is 10.1 Å². The molecule has 0 heterocycles. The van der Waals surface area contributed by atoms with E-state index >= 15 is 0 Å². The van der Waals surface area contributed by atoms with Crippen LogP contribution in [0.5, 0.6) is 5.75 Å². The van der Waals surface area contributed by atoms with Crippen LogP contribution in [0.25, 0.3) is 0 Å². The van der Waals surface area contributed by atoms with Gasteiger partial charge < -0.3 is 10.1 Å². The zero-order chi connectivity index (χ0) is 15.2. The lowest BCUT2D eigenvalue weighted by molar-refractivity contribution is 0.301. The van der Waals surface area contributed by atoms with E-state index in [1.807, 2.05) is 0 Å². The number of methoxy groups -OCH3 is 1. The first-order valence-corrected chi connectivity index (χ1v) is 8.22. The Morgan fingerprint density at radius 3 is 2.55 bits per heavy atom. The summed E-state index contributed by atoms with van der Waals surface area (Å²) in [5, 5.41) is 3.41. The second kappa shape index (κ2) is 8.04. The van der Waals surface area contributed by atoms with Gasteiger partial charge in [0, 0.05) is 4.47 Å². The molecule has 0 saturated heterocycles. The van der Waals surface area contributed by atoms with E-state index in [1.165, 1.54) is 28.4 Å². The first kappa shape index (κ1) is 17.5. The minimum absolute atomic E-state index is 0.352. The van der Waals surface area contributed by atoms with Gasteiger partial charge in [0.05, 0.1) is 7.11 Å². The summed E-state index contributed by atoms with van der Waals surface area (Å²) in [6.07, 6.45) is 3.43. The topological polar surface area (TPSA) is 21.3 Å². The van der Waals surface area contributed by atoms with Gasteiger partial charge in [0.1, 0.15) is 5.75 Å². The fraction of sp³-hybridized carbons (Fsp3) is 0.647. The summed E-state index contributed by atoms with van der Waals surface area (Å²) in [6, 6.07) is 4.32. The largest absolute Gasteiger partial charge is 0.496 e. The van der Waals surface area contributed by atoms with Crippen molar-refractivity contribution in [3.8, 4) is 5.75 Å². The quantitative estimate of drug-likeness (QED) is 0.690. The zero-order valence-corrected chi connectivity index (χ0v) is 15.1. The maximum atomic E-state index is 5.51. The molecule has 1 aromatic rings. The van der Waals surface area contributed by atoms with E-state index in [2.05, 4.69) is 61.1 Å². The van der Waals surface area contributed by atoms with Crippen LogP contribution in [0.4, 0.5) is 0 Å². The Morgan fingerprint density at radius 1 is 1.25 bits per heavy atom. The molecule has 1 N–H and O–H groups in total. The third kappa shape index (κ3) is 5.45. The first-order valence-electron chi connectivity index (χ1n) is 7.43. The van der Waals surface area contributed by atoms with Crippen molar-refractivity contribution in [2.45, 2.75) is 47.0 Å². The predicted octanol–water partition coefficient (Wildman–Crippen LogP) is 4.72. The van der Waals surface area contributed by atoms with Crippen LogP contribution in [-0.4, -0.2) is 20.2 Å². The Kier molecular flexibility index (Phi) is 7.04. The van der Waals surface area contributed by atoms with Crippen LogP contribution in [-0.2, 0) is 6.42 Å². The van der Waals surface area contributed by atoms with Gasteiger partial charge >= 0.3 is 0 Å². The van der Waals surface area contributed by atoms with E-state index < -0.39 is 0 Å². The lowest BCUT2D eigenvalue weighted by atomic mass is 9.83. The molecule has 0 spiro atoms. The molecular weight excluding hydrogens is 314 g/mol. The van der Waals surface area contributed by atoms with Crippen LogP contribution in [0.15, 0.2) is 16.6 Å². The number of benzene rings is 1. The molecule has 114 valence electrons. The monoisotopic (exact) mass is 341 g/mol. The van der Waals surface area contributed by atoms with Crippen molar-refractivity contribution < 1.29 is 4.74 Å². The fourth-order valence-corrected chi connectivity index (χ4v) is 2.67. The van der Waals surface area contributed by atoms with E-state index in [0.29, 0.717) is 5.41 Å². The second-order valence-corrected chi connectivity index (χ2v) is 7.04. The van der Waals surface area contributed by atoms with Crippen molar-refractivity contribution in [1.29, 1.82) is 0 Å². The van der Waals surface area contributed by atoms with Gasteiger partial charge in [-0.3, -0.25) is 0 Å². The van der Waals surface area contributed by atoms with Crippen molar-refractivity contribution in [1.82, 2.24) is 5.32 Å². The highest BCUT2D eigenvalue weighted by atomic mass is 79.9. The smallest absolute Gasteiger partial charge is 0.122 e. The van der Waals surface area contributed by atoms with Crippen LogP contribution >= 0.6 is 15.9 Å². The van der Waals surface area contributed by atoms with Gasteiger partial charge in [-0.05, 0) is 68.0 Å². The van der Waals surface area contributed by atoms with Gasteiger partial charge in [0.2, 0.25) is 0 Å². The molecule has 0 aromatic heterocycles. The van der Waals surface area contributed by atoms with E-state index in [-0.39, 0.29) is 0 Å². The average molecular weight is 342 g/mol. The molecule has 0 saturated carbocycles. The SMILES string of the molecule is CCNCCC(C)(C)CCc1cc(Br)c(C)cc1OC. The summed E-state index contributed by atoms with van der Waals surface area (Å²) in [4.78, 5) is 0. The molecule has 3 heteroatoms. The standard InChI is InChI=1S/C17H28BrNO/c1-6-19-10-9-17(3,4)8-7-14-12-15(18)13(2)11-16(14)20-5/h11-12,19H,6-10H2,1-5H3. The van der Waals surface area contributed by atoms with E-state index in [4.69, 9.17) is 4.74 Å². The molecule has 0 unspecified atom stereocenters. The van der Waals surface area contributed by atoms with Crippen LogP contribution in [0.2, 0.25) is 0 Å². The molecule has 0 aliphatic rings. The highest BCUT2D eigenvalue weighted by Crippen LogP contribution is 2.32. The van der Waals surface area contributed by atoms with Gasteiger partial charge in [0.15, 0.2) is 0 Å². The first-order chi connectivity index (χ1) is 9.39. The minimum Gasteiger partial charge on any atom is -0.496 e. The molecular formula is C17H28BrNO. The van der Waals surface area contributed by atoms with Crippen molar-refractivity contribution in [3.63, 3.8) is 0 Å². The van der Waals surface area contributed by atoms with Crippen molar-refractivity contribution >= 4 is 15.9 Å². The molecule has 1 rings (SSSR count). The lowest BCUT2D eigenvalue weighted by Gasteiger charge is -2.25. The zero-order valence-electron chi connectivity index (χ0n) is 13.5. The summed E-state index contributed by atoms with van der Waals surface area (Å²) in [6.45, 7) is 11.1. The highest BCUT2D eigenvalue weighted by Gasteiger charge is 2.18.